The van der Waals surface area contributed by atoms with E-state index in [9.17, 15) is 14.4 Å². The molecule has 61 heavy (non-hydrogen) atoms. The molecule has 6 heteroatoms. The van der Waals surface area contributed by atoms with Gasteiger partial charge in [-0.15, -0.1) is 0 Å². The average Bonchev–Trinajstić information content (AvgIpc) is 3.26. The van der Waals surface area contributed by atoms with Crippen molar-refractivity contribution >= 4 is 17.9 Å². The minimum absolute atomic E-state index is 0.130. The van der Waals surface area contributed by atoms with Gasteiger partial charge < -0.3 is 14.2 Å². The van der Waals surface area contributed by atoms with Crippen LogP contribution in [0.25, 0.3) is 0 Å². The zero-order valence-corrected chi connectivity index (χ0v) is 38.6. The number of carbonyl (C=O) groups is 3. The second kappa shape index (κ2) is 48.2. The Morgan fingerprint density at radius 3 is 1.23 bits per heavy atom. The first kappa shape index (κ1) is 56.5. The summed E-state index contributed by atoms with van der Waals surface area (Å²) in [5.74, 6) is -1.07. The van der Waals surface area contributed by atoms with E-state index in [-0.39, 0.29) is 44.0 Å². The van der Waals surface area contributed by atoms with E-state index in [0.717, 1.165) is 109 Å². The fraction of sp³-hybridized carbons (Fsp3) is 0.545. The lowest BCUT2D eigenvalue weighted by Crippen LogP contribution is -2.30. The van der Waals surface area contributed by atoms with E-state index >= 15 is 0 Å². The monoisotopic (exact) mass is 841 g/mol. The van der Waals surface area contributed by atoms with Gasteiger partial charge in [0.1, 0.15) is 13.2 Å². The van der Waals surface area contributed by atoms with Crippen LogP contribution < -0.4 is 0 Å². The topological polar surface area (TPSA) is 78.9 Å². The van der Waals surface area contributed by atoms with Crippen molar-refractivity contribution in [3.05, 3.63) is 134 Å². The molecular formula is C55H84O6. The van der Waals surface area contributed by atoms with Gasteiger partial charge in [-0.2, -0.15) is 0 Å². The molecule has 0 saturated carbocycles. The summed E-state index contributed by atoms with van der Waals surface area (Å²) < 4.78 is 16.6. The lowest BCUT2D eigenvalue weighted by atomic mass is 10.1. The maximum absolute atomic E-state index is 12.8. The maximum atomic E-state index is 12.8. The number of hydrogen-bond donors (Lipinski definition) is 0. The van der Waals surface area contributed by atoms with E-state index in [1.54, 1.807) is 0 Å². The van der Waals surface area contributed by atoms with Crippen LogP contribution in [0.2, 0.25) is 0 Å². The van der Waals surface area contributed by atoms with Crippen LogP contribution in [0.3, 0.4) is 0 Å². The van der Waals surface area contributed by atoms with Gasteiger partial charge in [-0.3, -0.25) is 14.4 Å². The number of rotatable bonds is 40. The first-order valence-electron chi connectivity index (χ1n) is 23.7. The Balaban J connectivity index is 4.60. The third-order valence-corrected chi connectivity index (χ3v) is 9.24. The Hall–Kier alpha value is -4.45. The van der Waals surface area contributed by atoms with E-state index in [2.05, 4.69) is 106 Å². The molecule has 340 valence electrons. The molecule has 0 aliphatic rings. The van der Waals surface area contributed by atoms with Crippen molar-refractivity contribution in [1.29, 1.82) is 0 Å². The van der Waals surface area contributed by atoms with Crippen LogP contribution in [0.5, 0.6) is 0 Å². The molecule has 0 bridgehead atoms. The fourth-order valence-corrected chi connectivity index (χ4v) is 5.77. The molecule has 0 heterocycles. The summed E-state index contributed by atoms with van der Waals surface area (Å²) in [5.41, 5.74) is 0. The molecule has 0 N–H and O–H groups in total. The molecule has 0 aliphatic carbocycles. The molecule has 0 amide bonds. The molecule has 0 aromatic carbocycles. The van der Waals surface area contributed by atoms with Crippen LogP contribution in [-0.4, -0.2) is 37.2 Å². The molecule has 1 atom stereocenters. The van der Waals surface area contributed by atoms with Crippen LogP contribution in [-0.2, 0) is 28.6 Å². The highest BCUT2D eigenvalue weighted by atomic mass is 16.6. The van der Waals surface area contributed by atoms with Crippen molar-refractivity contribution in [1.82, 2.24) is 0 Å². The molecule has 0 rings (SSSR count). The molecule has 6 nitrogen and oxygen atoms in total. The van der Waals surface area contributed by atoms with E-state index in [0.29, 0.717) is 12.8 Å². The molecule has 1 unspecified atom stereocenters. The van der Waals surface area contributed by atoms with Gasteiger partial charge >= 0.3 is 17.9 Å². The second-order valence-corrected chi connectivity index (χ2v) is 15.0. The van der Waals surface area contributed by atoms with Crippen LogP contribution in [0, 0.1) is 0 Å². The first-order chi connectivity index (χ1) is 30.0. The lowest BCUT2D eigenvalue weighted by molar-refractivity contribution is -0.166. The number of allylic oxidation sites excluding steroid dienone is 22. The summed E-state index contributed by atoms with van der Waals surface area (Å²) in [6, 6.07) is 0. The van der Waals surface area contributed by atoms with Gasteiger partial charge in [-0.1, -0.05) is 193 Å². The summed E-state index contributed by atoms with van der Waals surface area (Å²) in [4.78, 5) is 37.8. The van der Waals surface area contributed by atoms with Crippen LogP contribution in [0.15, 0.2) is 134 Å². The van der Waals surface area contributed by atoms with Gasteiger partial charge in [0.05, 0.1) is 0 Å². The van der Waals surface area contributed by atoms with Crippen molar-refractivity contribution in [2.45, 2.75) is 181 Å². The van der Waals surface area contributed by atoms with Crippen LogP contribution >= 0.6 is 0 Å². The summed E-state index contributed by atoms with van der Waals surface area (Å²) in [6.07, 6.45) is 67.3. The molecule has 0 radical (unpaired) electrons. The van der Waals surface area contributed by atoms with E-state index in [4.69, 9.17) is 14.2 Å². The Labute approximate surface area is 373 Å². The van der Waals surface area contributed by atoms with Crippen molar-refractivity contribution in [2.24, 2.45) is 0 Å². The number of esters is 3. The minimum atomic E-state index is -0.832. The smallest absolute Gasteiger partial charge is 0.306 e. The normalized spacial score (nSPS) is 13.3. The predicted octanol–water partition coefficient (Wildman–Crippen LogP) is 15.5. The molecule has 0 spiro atoms. The standard InChI is InChI=1S/C55H84O6/c1-4-7-10-13-16-19-22-25-27-28-31-33-36-39-42-45-48-54(57)60-51-52(50-59-53(56)47-44-41-38-35-32-29-24-21-18-15-12-9-6-3)61-55(58)49-46-43-40-37-34-30-26-23-20-17-14-11-8-5-2/h7-12,15-21,24-25,27,29,31-33,39,42,52H,4-6,13-14,22-23,26,28,30,34-38,40-41,43-51H2,1-3H3/b10-7+,11-8+,12-9+,18-15+,19-16+,20-17+,24-21+,27-25+,32-29+,33-31+,42-39+. The van der Waals surface area contributed by atoms with Gasteiger partial charge in [0.2, 0.25) is 0 Å². The van der Waals surface area contributed by atoms with E-state index < -0.39 is 6.10 Å². The Bertz CT molecular complexity index is 1380. The molecule has 0 aromatic rings. The lowest BCUT2D eigenvalue weighted by Gasteiger charge is -2.18. The minimum Gasteiger partial charge on any atom is -0.462 e. The maximum Gasteiger partial charge on any atom is 0.306 e. The van der Waals surface area contributed by atoms with Crippen LogP contribution in [0.4, 0.5) is 0 Å². The summed E-state index contributed by atoms with van der Waals surface area (Å²) >= 11 is 0. The van der Waals surface area contributed by atoms with Gasteiger partial charge in [-0.25, -0.2) is 0 Å². The van der Waals surface area contributed by atoms with Gasteiger partial charge in [0.25, 0.3) is 0 Å². The quantitative estimate of drug-likeness (QED) is 0.0201. The molecule has 0 saturated heterocycles. The molecule has 0 fully saturated rings. The number of carbonyl (C=O) groups excluding carboxylic acids is 3. The highest BCUT2D eigenvalue weighted by Crippen LogP contribution is 2.12. The second-order valence-electron chi connectivity index (χ2n) is 15.0. The molecule has 0 aliphatic heterocycles. The first-order valence-corrected chi connectivity index (χ1v) is 23.7. The Kier molecular flexibility index (Phi) is 44.7. The summed E-state index contributed by atoms with van der Waals surface area (Å²) in [6.45, 7) is 6.13. The third kappa shape index (κ3) is 46.5. The summed E-state index contributed by atoms with van der Waals surface area (Å²) in [7, 11) is 0. The highest BCUT2D eigenvalue weighted by Gasteiger charge is 2.19. The van der Waals surface area contributed by atoms with Crippen molar-refractivity contribution < 1.29 is 28.6 Å². The zero-order valence-electron chi connectivity index (χ0n) is 38.6. The molecule has 0 aromatic heterocycles. The van der Waals surface area contributed by atoms with Crippen molar-refractivity contribution in [3.63, 3.8) is 0 Å². The van der Waals surface area contributed by atoms with Gasteiger partial charge in [-0.05, 0) is 96.3 Å². The number of unbranched alkanes of at least 4 members (excludes halogenated alkanes) is 10. The van der Waals surface area contributed by atoms with Crippen LogP contribution in [0.1, 0.15) is 175 Å². The van der Waals surface area contributed by atoms with Crippen molar-refractivity contribution in [2.75, 3.05) is 13.2 Å². The zero-order chi connectivity index (χ0) is 44.4. The Morgan fingerprint density at radius 2 is 0.705 bits per heavy atom. The Morgan fingerprint density at radius 1 is 0.344 bits per heavy atom. The van der Waals surface area contributed by atoms with E-state index in [1.807, 2.05) is 48.6 Å². The predicted molar refractivity (Wildman–Crippen MR) is 260 cm³/mol. The highest BCUT2D eigenvalue weighted by molar-refractivity contribution is 5.71. The molecular weight excluding hydrogens is 757 g/mol. The largest absolute Gasteiger partial charge is 0.462 e. The third-order valence-electron chi connectivity index (χ3n) is 9.24. The SMILES string of the molecule is CC/C=C/C=C/C=C/C=C/CCCCCC(=O)OCC(COC(=O)CC/C=C/C/C=C/C/C=C/C/C=C/C/C=C/CC)OC(=O)CCCCCCCCC/C=C/C/C=C/CC. The van der Waals surface area contributed by atoms with Gasteiger partial charge in [0, 0.05) is 19.3 Å². The number of hydrogen-bond acceptors (Lipinski definition) is 6. The van der Waals surface area contributed by atoms with Crippen molar-refractivity contribution in [3.8, 4) is 0 Å². The number of ether oxygens (including phenoxy) is 3. The fourth-order valence-electron chi connectivity index (χ4n) is 5.77. The van der Waals surface area contributed by atoms with Gasteiger partial charge in [0.15, 0.2) is 6.10 Å². The average molecular weight is 841 g/mol. The summed E-state index contributed by atoms with van der Waals surface area (Å²) in [5, 5.41) is 0. The van der Waals surface area contributed by atoms with E-state index in [1.165, 1.54) is 19.3 Å².